The minimum atomic E-state index is -0.794. The number of carboxylic acids is 1. The van der Waals surface area contributed by atoms with Crippen LogP contribution in [-0.4, -0.2) is 16.9 Å². The molecule has 0 amide bonds. The molecule has 1 aromatic carbocycles. The fourth-order valence-electron chi connectivity index (χ4n) is 2.94. The van der Waals surface area contributed by atoms with Crippen LogP contribution in [0.2, 0.25) is 0 Å². The average Bonchev–Trinajstić information content (AvgIpc) is 2.77. The van der Waals surface area contributed by atoms with Gasteiger partial charge < -0.3 is 5.11 Å². The second-order valence-electron chi connectivity index (χ2n) is 5.38. The summed E-state index contributed by atoms with van der Waals surface area (Å²) in [4.78, 5) is 23.3. The van der Waals surface area contributed by atoms with Crippen molar-refractivity contribution in [1.82, 2.24) is 0 Å². The quantitative estimate of drug-likeness (QED) is 0.630. The van der Waals surface area contributed by atoms with Crippen molar-refractivity contribution in [3.8, 4) is 0 Å². The van der Waals surface area contributed by atoms with E-state index in [1.54, 1.807) is 0 Å². The van der Waals surface area contributed by atoms with Crippen molar-refractivity contribution in [2.24, 2.45) is 5.41 Å². The molecule has 0 unspecified atom stereocenters. The fraction of sp³-hybridized carbons (Fsp3) is 0.467. The number of hydrogen-bond donors (Lipinski definition) is 1. The van der Waals surface area contributed by atoms with Gasteiger partial charge in [0.15, 0.2) is 5.78 Å². The third-order valence-corrected chi connectivity index (χ3v) is 4.61. The van der Waals surface area contributed by atoms with E-state index in [9.17, 15) is 9.59 Å². The van der Waals surface area contributed by atoms with Crippen LogP contribution in [0, 0.1) is 8.99 Å². The Labute approximate surface area is 126 Å². The monoisotopic (exact) mass is 372 g/mol. The molecule has 0 spiro atoms. The van der Waals surface area contributed by atoms with Gasteiger partial charge in [-0.05, 0) is 53.0 Å². The Morgan fingerprint density at radius 1 is 1.11 bits per heavy atom. The minimum absolute atomic E-state index is 0.0690. The standard InChI is InChI=1S/C15H17IO3/c16-12-5-3-11(4-6-12)13(17)9-15(10-14(18)19)7-1-2-8-15/h3-6H,1-2,7-10H2,(H,18,19). The maximum atomic E-state index is 12.3. The Kier molecular flexibility index (Phi) is 4.60. The van der Waals surface area contributed by atoms with E-state index in [0.717, 1.165) is 29.3 Å². The smallest absolute Gasteiger partial charge is 0.303 e. The maximum absolute atomic E-state index is 12.3. The SMILES string of the molecule is O=C(O)CC1(CC(=O)c2ccc(I)cc2)CCCC1. The Bertz CT molecular complexity index is 473. The van der Waals surface area contributed by atoms with Gasteiger partial charge in [-0.25, -0.2) is 0 Å². The van der Waals surface area contributed by atoms with Crippen LogP contribution in [0.25, 0.3) is 0 Å². The van der Waals surface area contributed by atoms with Crippen LogP contribution in [0.3, 0.4) is 0 Å². The zero-order chi connectivity index (χ0) is 13.9. The number of Topliss-reactive ketones (excluding diaryl/α,β-unsaturated/α-hetero) is 1. The van der Waals surface area contributed by atoms with Gasteiger partial charge in [-0.2, -0.15) is 0 Å². The Balaban J connectivity index is 2.11. The van der Waals surface area contributed by atoms with E-state index in [1.807, 2.05) is 24.3 Å². The van der Waals surface area contributed by atoms with Crippen molar-refractivity contribution in [3.63, 3.8) is 0 Å². The fourth-order valence-corrected chi connectivity index (χ4v) is 3.30. The molecule has 1 aliphatic carbocycles. The molecule has 102 valence electrons. The highest BCUT2D eigenvalue weighted by atomic mass is 127. The van der Waals surface area contributed by atoms with Crippen LogP contribution in [0.4, 0.5) is 0 Å². The van der Waals surface area contributed by atoms with E-state index in [-0.39, 0.29) is 17.6 Å². The molecule has 1 aromatic rings. The van der Waals surface area contributed by atoms with Gasteiger partial charge in [-0.3, -0.25) is 9.59 Å². The second kappa shape index (κ2) is 6.03. The number of rotatable bonds is 5. The zero-order valence-corrected chi connectivity index (χ0v) is 12.9. The van der Waals surface area contributed by atoms with E-state index in [1.165, 1.54) is 0 Å². The first kappa shape index (κ1) is 14.5. The zero-order valence-electron chi connectivity index (χ0n) is 10.7. The number of benzene rings is 1. The lowest BCUT2D eigenvalue weighted by atomic mass is 9.77. The summed E-state index contributed by atoms with van der Waals surface area (Å²) in [5.74, 6) is -0.725. The van der Waals surface area contributed by atoms with Crippen LogP contribution in [-0.2, 0) is 4.79 Å². The predicted octanol–water partition coefficient (Wildman–Crippen LogP) is 3.90. The summed E-state index contributed by atoms with van der Waals surface area (Å²) in [7, 11) is 0. The molecule has 0 saturated heterocycles. The van der Waals surface area contributed by atoms with E-state index in [2.05, 4.69) is 22.6 Å². The average molecular weight is 372 g/mol. The highest BCUT2D eigenvalue weighted by Gasteiger charge is 2.38. The number of halogens is 1. The number of carbonyl (C=O) groups excluding carboxylic acids is 1. The lowest BCUT2D eigenvalue weighted by Gasteiger charge is -2.26. The highest BCUT2D eigenvalue weighted by molar-refractivity contribution is 14.1. The molecule has 4 heteroatoms. The third kappa shape index (κ3) is 3.78. The molecule has 1 saturated carbocycles. The van der Waals surface area contributed by atoms with Crippen molar-refractivity contribution in [3.05, 3.63) is 33.4 Å². The first-order valence-electron chi connectivity index (χ1n) is 6.51. The summed E-state index contributed by atoms with van der Waals surface area (Å²) in [6, 6.07) is 7.47. The molecule has 3 nitrogen and oxygen atoms in total. The van der Waals surface area contributed by atoms with Crippen LogP contribution in [0.5, 0.6) is 0 Å². The molecule has 0 heterocycles. The third-order valence-electron chi connectivity index (χ3n) is 3.89. The number of hydrogen-bond acceptors (Lipinski definition) is 2. The largest absolute Gasteiger partial charge is 0.481 e. The van der Waals surface area contributed by atoms with Gasteiger partial charge in [-0.15, -0.1) is 0 Å². The van der Waals surface area contributed by atoms with E-state index in [4.69, 9.17) is 5.11 Å². The van der Waals surface area contributed by atoms with Crippen LogP contribution in [0.15, 0.2) is 24.3 Å². The Morgan fingerprint density at radius 2 is 1.68 bits per heavy atom. The molecule has 19 heavy (non-hydrogen) atoms. The van der Waals surface area contributed by atoms with E-state index >= 15 is 0 Å². The molecule has 1 N–H and O–H groups in total. The molecule has 0 aromatic heterocycles. The molecule has 0 bridgehead atoms. The highest BCUT2D eigenvalue weighted by Crippen LogP contribution is 2.44. The molecular weight excluding hydrogens is 355 g/mol. The van der Waals surface area contributed by atoms with Gasteiger partial charge in [0.2, 0.25) is 0 Å². The molecule has 0 atom stereocenters. The summed E-state index contributed by atoms with van der Waals surface area (Å²) in [6.45, 7) is 0. The Hall–Kier alpha value is -0.910. The summed E-state index contributed by atoms with van der Waals surface area (Å²) >= 11 is 2.20. The molecule has 1 aliphatic rings. The number of carbonyl (C=O) groups is 2. The minimum Gasteiger partial charge on any atom is -0.481 e. The van der Waals surface area contributed by atoms with Crippen LogP contribution >= 0.6 is 22.6 Å². The topological polar surface area (TPSA) is 54.4 Å². The molecule has 1 fully saturated rings. The van der Waals surface area contributed by atoms with E-state index < -0.39 is 5.97 Å². The van der Waals surface area contributed by atoms with Crippen molar-refractivity contribution in [2.45, 2.75) is 38.5 Å². The Morgan fingerprint density at radius 3 is 2.21 bits per heavy atom. The second-order valence-corrected chi connectivity index (χ2v) is 6.63. The predicted molar refractivity (Wildman–Crippen MR) is 81.3 cm³/mol. The number of carboxylic acid groups (broad SMARTS) is 1. The number of ketones is 1. The van der Waals surface area contributed by atoms with Gasteiger partial charge >= 0.3 is 5.97 Å². The summed E-state index contributed by atoms with van der Waals surface area (Å²) in [5.41, 5.74) is 0.378. The van der Waals surface area contributed by atoms with Crippen LogP contribution < -0.4 is 0 Å². The maximum Gasteiger partial charge on any atom is 0.303 e. The number of aliphatic carboxylic acids is 1. The van der Waals surface area contributed by atoms with Gasteiger partial charge in [0.1, 0.15) is 0 Å². The summed E-state index contributed by atoms with van der Waals surface area (Å²) in [5, 5.41) is 9.05. The molecular formula is C15H17IO3. The lowest BCUT2D eigenvalue weighted by molar-refractivity contribution is -0.139. The van der Waals surface area contributed by atoms with E-state index in [0.29, 0.717) is 12.0 Å². The van der Waals surface area contributed by atoms with Crippen LogP contribution in [0.1, 0.15) is 48.9 Å². The lowest BCUT2D eigenvalue weighted by Crippen LogP contribution is -2.24. The van der Waals surface area contributed by atoms with Crippen molar-refractivity contribution in [2.75, 3.05) is 0 Å². The van der Waals surface area contributed by atoms with Crippen molar-refractivity contribution in [1.29, 1.82) is 0 Å². The summed E-state index contributed by atoms with van der Waals surface area (Å²) < 4.78 is 1.09. The van der Waals surface area contributed by atoms with Gasteiger partial charge in [0, 0.05) is 15.6 Å². The normalized spacial score (nSPS) is 17.3. The summed E-state index contributed by atoms with van der Waals surface area (Å²) in [6.07, 6.45) is 4.26. The van der Waals surface area contributed by atoms with Gasteiger partial charge in [0.05, 0.1) is 6.42 Å². The molecule has 0 aliphatic heterocycles. The first-order valence-corrected chi connectivity index (χ1v) is 7.59. The first-order chi connectivity index (χ1) is 9.01. The molecule has 0 radical (unpaired) electrons. The molecule has 2 rings (SSSR count). The van der Waals surface area contributed by atoms with Gasteiger partial charge in [0.25, 0.3) is 0 Å². The van der Waals surface area contributed by atoms with Crippen molar-refractivity contribution >= 4 is 34.3 Å². The van der Waals surface area contributed by atoms with Crippen molar-refractivity contribution < 1.29 is 14.7 Å². The van der Waals surface area contributed by atoms with Gasteiger partial charge in [-0.1, -0.05) is 25.0 Å².